The molecule has 2 heterocycles. The average Bonchev–Trinajstić information content (AvgIpc) is 2.63. The Morgan fingerprint density at radius 1 is 1.44 bits per heavy atom. The van der Waals surface area contributed by atoms with Crippen LogP contribution in [0.25, 0.3) is 0 Å². The van der Waals surface area contributed by atoms with Gasteiger partial charge in [-0.2, -0.15) is 0 Å². The Bertz CT molecular complexity index is 935. The van der Waals surface area contributed by atoms with E-state index in [-0.39, 0.29) is 18.2 Å². The number of amides is 2. The maximum Gasteiger partial charge on any atom is 0.366 e. The average molecular weight is 393 g/mol. The number of methoxy groups -OCH3 is 1. The lowest BCUT2D eigenvalue weighted by Gasteiger charge is -2.24. The summed E-state index contributed by atoms with van der Waals surface area (Å²) in [5.41, 5.74) is 0.402. The van der Waals surface area contributed by atoms with Crippen LogP contribution in [0, 0.1) is 10.1 Å². The van der Waals surface area contributed by atoms with Gasteiger partial charge in [0.25, 0.3) is 11.7 Å². The molecular formula is C16H13ClN4O6. The van der Waals surface area contributed by atoms with Gasteiger partial charge >= 0.3 is 5.82 Å². The maximum absolute atomic E-state index is 12.3. The summed E-state index contributed by atoms with van der Waals surface area (Å²) in [6.45, 7) is -0.693. The molecule has 2 amide bonds. The quantitative estimate of drug-likeness (QED) is 0.609. The van der Waals surface area contributed by atoms with Gasteiger partial charge in [-0.3, -0.25) is 14.5 Å². The largest absolute Gasteiger partial charge is 0.495 e. The second kappa shape index (κ2) is 7.46. The molecule has 0 saturated carbocycles. The van der Waals surface area contributed by atoms with Gasteiger partial charge < -0.3 is 24.9 Å². The maximum atomic E-state index is 12.3. The van der Waals surface area contributed by atoms with Crippen LogP contribution in [0.5, 0.6) is 11.5 Å². The highest BCUT2D eigenvalue weighted by molar-refractivity contribution is 6.32. The molecule has 0 fully saturated rings. The minimum atomic E-state index is -0.697. The first-order valence-electron chi connectivity index (χ1n) is 7.61. The number of halogens is 1. The zero-order valence-electron chi connectivity index (χ0n) is 14.0. The van der Waals surface area contributed by atoms with Crippen molar-refractivity contribution >= 4 is 40.7 Å². The van der Waals surface area contributed by atoms with Crippen molar-refractivity contribution < 1.29 is 24.0 Å². The van der Waals surface area contributed by atoms with Gasteiger partial charge in [-0.15, -0.1) is 0 Å². The Morgan fingerprint density at radius 2 is 2.22 bits per heavy atom. The number of benzene rings is 1. The number of fused-ring (bicyclic) bond motifs is 1. The Morgan fingerprint density at radius 3 is 2.89 bits per heavy atom. The minimum absolute atomic E-state index is 0.0802. The first-order valence-corrected chi connectivity index (χ1v) is 7.99. The highest BCUT2D eigenvalue weighted by atomic mass is 35.5. The summed E-state index contributed by atoms with van der Waals surface area (Å²) in [4.78, 5) is 39.5. The summed E-state index contributed by atoms with van der Waals surface area (Å²) in [6, 6.07) is 7.16. The molecule has 10 nitrogen and oxygen atoms in total. The van der Waals surface area contributed by atoms with Crippen LogP contribution < -0.4 is 19.7 Å². The number of carbonyl (C=O) groups excluding carboxylic acids is 2. The number of nitrogens with zero attached hydrogens (tertiary/aromatic N) is 3. The molecule has 0 unspecified atom stereocenters. The predicted molar refractivity (Wildman–Crippen MR) is 95.4 cm³/mol. The Labute approximate surface area is 157 Å². The standard InChI is InChI=1S/C16H13ClN4O6/c1-26-11-3-2-9(6-10(11)17)18-14(22)7-20-15(23)8-27-12-4-5-13(21(24)25)19-16(12)20/h2-6H,7-8H2,1H3,(H,18,22). The molecule has 0 spiro atoms. The van der Waals surface area contributed by atoms with E-state index in [9.17, 15) is 19.7 Å². The van der Waals surface area contributed by atoms with E-state index in [0.29, 0.717) is 16.5 Å². The molecule has 27 heavy (non-hydrogen) atoms. The third-order valence-electron chi connectivity index (χ3n) is 3.66. The molecule has 1 aliphatic heterocycles. The van der Waals surface area contributed by atoms with Crippen LogP contribution in [0.3, 0.4) is 0 Å². The molecule has 0 saturated heterocycles. The Kier molecular flexibility index (Phi) is 5.08. The molecule has 140 valence electrons. The van der Waals surface area contributed by atoms with E-state index in [1.54, 1.807) is 12.1 Å². The van der Waals surface area contributed by atoms with Crippen LogP contribution in [-0.2, 0) is 9.59 Å². The normalized spacial score (nSPS) is 12.8. The second-order valence-corrected chi connectivity index (χ2v) is 5.82. The third-order valence-corrected chi connectivity index (χ3v) is 3.95. The highest BCUT2D eigenvalue weighted by Crippen LogP contribution is 2.32. The van der Waals surface area contributed by atoms with Gasteiger partial charge in [-0.1, -0.05) is 11.6 Å². The molecule has 1 aromatic carbocycles. The number of hydrogen-bond donors (Lipinski definition) is 1. The number of nitrogens with one attached hydrogen (secondary N) is 1. The molecule has 3 rings (SSSR count). The number of anilines is 2. The number of rotatable bonds is 5. The predicted octanol–water partition coefficient (Wildman–Crippen LogP) is 2.02. The van der Waals surface area contributed by atoms with Gasteiger partial charge in [0.15, 0.2) is 12.4 Å². The number of ether oxygens (including phenoxy) is 2. The molecule has 1 aliphatic rings. The molecular weight excluding hydrogens is 380 g/mol. The summed E-state index contributed by atoms with van der Waals surface area (Å²) < 4.78 is 10.2. The van der Waals surface area contributed by atoms with Crippen LogP contribution in [0.4, 0.5) is 17.3 Å². The zero-order chi connectivity index (χ0) is 19.6. The van der Waals surface area contributed by atoms with Crippen molar-refractivity contribution in [3.63, 3.8) is 0 Å². The lowest BCUT2D eigenvalue weighted by Crippen LogP contribution is -2.44. The zero-order valence-corrected chi connectivity index (χ0v) is 14.7. The van der Waals surface area contributed by atoms with Crippen LogP contribution in [0.1, 0.15) is 0 Å². The van der Waals surface area contributed by atoms with E-state index >= 15 is 0 Å². The molecule has 1 N–H and O–H groups in total. The van der Waals surface area contributed by atoms with Crippen LogP contribution in [0.15, 0.2) is 30.3 Å². The first-order chi connectivity index (χ1) is 12.9. The van der Waals surface area contributed by atoms with E-state index in [1.807, 2.05) is 0 Å². The number of carbonyl (C=O) groups is 2. The van der Waals surface area contributed by atoms with Crippen LogP contribution in [0.2, 0.25) is 5.02 Å². The number of nitro groups is 1. The lowest BCUT2D eigenvalue weighted by atomic mass is 10.3. The van der Waals surface area contributed by atoms with E-state index in [1.165, 1.54) is 19.2 Å². The van der Waals surface area contributed by atoms with Gasteiger partial charge in [0.1, 0.15) is 12.3 Å². The number of aromatic nitrogens is 1. The third kappa shape index (κ3) is 3.90. The first kappa shape index (κ1) is 18.4. The van der Waals surface area contributed by atoms with Crippen molar-refractivity contribution in [2.75, 3.05) is 30.5 Å². The Balaban J connectivity index is 1.79. The van der Waals surface area contributed by atoms with Crippen molar-refractivity contribution in [1.82, 2.24) is 4.98 Å². The fourth-order valence-electron chi connectivity index (χ4n) is 2.42. The monoisotopic (exact) mass is 392 g/mol. The van der Waals surface area contributed by atoms with E-state index in [2.05, 4.69) is 10.3 Å². The summed E-state index contributed by atoms with van der Waals surface area (Å²) in [6.07, 6.45) is 0. The fraction of sp³-hybridized carbons (Fsp3) is 0.188. The van der Waals surface area contributed by atoms with Crippen molar-refractivity contribution in [2.24, 2.45) is 0 Å². The Hall–Kier alpha value is -3.40. The second-order valence-electron chi connectivity index (χ2n) is 5.41. The summed E-state index contributed by atoms with van der Waals surface area (Å²) in [7, 11) is 1.47. The summed E-state index contributed by atoms with van der Waals surface area (Å²) >= 11 is 6.01. The summed E-state index contributed by atoms with van der Waals surface area (Å²) in [5, 5.41) is 13.8. The van der Waals surface area contributed by atoms with Crippen molar-refractivity contribution in [1.29, 1.82) is 0 Å². The molecule has 1 aromatic heterocycles. The van der Waals surface area contributed by atoms with Crippen molar-refractivity contribution in [3.05, 3.63) is 45.5 Å². The van der Waals surface area contributed by atoms with Gasteiger partial charge in [0.05, 0.1) is 12.1 Å². The smallest absolute Gasteiger partial charge is 0.366 e. The number of hydrogen-bond acceptors (Lipinski definition) is 7. The number of pyridine rings is 1. The van der Waals surface area contributed by atoms with Gasteiger partial charge in [-0.25, -0.2) is 0 Å². The highest BCUT2D eigenvalue weighted by Gasteiger charge is 2.33. The van der Waals surface area contributed by atoms with E-state index in [0.717, 1.165) is 11.0 Å². The molecule has 11 heteroatoms. The van der Waals surface area contributed by atoms with Crippen molar-refractivity contribution in [3.8, 4) is 11.5 Å². The molecule has 0 bridgehead atoms. The molecule has 0 aliphatic carbocycles. The molecule has 2 aromatic rings. The van der Waals surface area contributed by atoms with Gasteiger partial charge in [0, 0.05) is 11.8 Å². The van der Waals surface area contributed by atoms with Gasteiger partial charge in [0.2, 0.25) is 5.91 Å². The van der Waals surface area contributed by atoms with E-state index < -0.39 is 29.1 Å². The topological polar surface area (TPSA) is 124 Å². The van der Waals surface area contributed by atoms with Crippen molar-refractivity contribution in [2.45, 2.75) is 0 Å². The summed E-state index contributed by atoms with van der Waals surface area (Å²) in [5.74, 6) is -0.990. The molecule has 0 radical (unpaired) electrons. The van der Waals surface area contributed by atoms with E-state index in [4.69, 9.17) is 21.1 Å². The van der Waals surface area contributed by atoms with Crippen LogP contribution in [-0.4, -0.2) is 42.0 Å². The lowest BCUT2D eigenvalue weighted by molar-refractivity contribution is -0.389. The van der Waals surface area contributed by atoms with Gasteiger partial charge in [-0.05, 0) is 34.2 Å². The fourth-order valence-corrected chi connectivity index (χ4v) is 2.68. The minimum Gasteiger partial charge on any atom is -0.495 e. The molecule has 0 atom stereocenters. The van der Waals surface area contributed by atoms with Crippen LogP contribution >= 0.6 is 11.6 Å². The SMILES string of the molecule is COc1ccc(NC(=O)CN2C(=O)COc3ccc([N+](=O)[O-])nc32)cc1Cl.